The molecule has 3 heteroatoms. The van der Waals surface area contributed by atoms with Crippen molar-refractivity contribution in [2.75, 3.05) is 17.2 Å². The van der Waals surface area contributed by atoms with Gasteiger partial charge in [0.25, 0.3) is 0 Å². The first-order chi connectivity index (χ1) is 9.16. The van der Waals surface area contributed by atoms with Crippen LogP contribution in [0.3, 0.4) is 0 Å². The number of hydrogen-bond acceptors (Lipinski definition) is 2. The SMILES string of the molecule is CCC1(C(=O)N2CCc3ccc(N)cc32)CCCC1. The van der Waals surface area contributed by atoms with Crippen LogP contribution in [0.2, 0.25) is 0 Å². The average Bonchev–Trinajstić information content (AvgIpc) is 3.05. The molecule has 0 saturated heterocycles. The molecule has 1 amide bonds. The van der Waals surface area contributed by atoms with Crippen LogP contribution in [-0.4, -0.2) is 12.5 Å². The molecule has 3 rings (SSSR count). The van der Waals surface area contributed by atoms with Crippen LogP contribution in [0, 0.1) is 5.41 Å². The lowest BCUT2D eigenvalue weighted by molar-refractivity contribution is -0.128. The summed E-state index contributed by atoms with van der Waals surface area (Å²) in [5, 5.41) is 0. The lowest BCUT2D eigenvalue weighted by atomic mass is 9.82. The van der Waals surface area contributed by atoms with E-state index in [0.717, 1.165) is 43.6 Å². The van der Waals surface area contributed by atoms with E-state index in [1.54, 1.807) is 0 Å². The Morgan fingerprint density at radius 1 is 1.37 bits per heavy atom. The molecule has 0 radical (unpaired) electrons. The van der Waals surface area contributed by atoms with E-state index in [1.807, 2.05) is 17.0 Å². The third-order valence-corrected chi connectivity index (χ3v) is 4.94. The van der Waals surface area contributed by atoms with Crippen LogP contribution in [0.5, 0.6) is 0 Å². The maximum atomic E-state index is 13.0. The summed E-state index contributed by atoms with van der Waals surface area (Å²) in [5.74, 6) is 0.330. The van der Waals surface area contributed by atoms with Crippen LogP contribution < -0.4 is 10.6 Å². The highest BCUT2D eigenvalue weighted by Crippen LogP contribution is 2.44. The predicted octanol–water partition coefficient (Wildman–Crippen LogP) is 3.13. The van der Waals surface area contributed by atoms with Gasteiger partial charge in [0.15, 0.2) is 0 Å². The summed E-state index contributed by atoms with van der Waals surface area (Å²) in [5.41, 5.74) is 8.82. The molecule has 1 saturated carbocycles. The maximum Gasteiger partial charge on any atom is 0.233 e. The first-order valence-corrected chi connectivity index (χ1v) is 7.37. The number of carbonyl (C=O) groups is 1. The molecular formula is C16H22N2O. The minimum Gasteiger partial charge on any atom is -0.399 e. The predicted molar refractivity (Wildman–Crippen MR) is 78.1 cm³/mol. The minimum atomic E-state index is -0.105. The molecule has 3 nitrogen and oxygen atoms in total. The molecule has 1 fully saturated rings. The summed E-state index contributed by atoms with van der Waals surface area (Å²) in [6.45, 7) is 2.97. The number of carbonyl (C=O) groups excluding carboxylic acids is 1. The third kappa shape index (κ3) is 1.92. The molecule has 0 bridgehead atoms. The van der Waals surface area contributed by atoms with Gasteiger partial charge in [-0.15, -0.1) is 0 Å². The number of rotatable bonds is 2. The number of nitrogen functional groups attached to an aromatic ring is 1. The van der Waals surface area contributed by atoms with Gasteiger partial charge in [-0.1, -0.05) is 25.8 Å². The average molecular weight is 258 g/mol. The van der Waals surface area contributed by atoms with E-state index >= 15 is 0 Å². The Hall–Kier alpha value is -1.51. The van der Waals surface area contributed by atoms with Crippen molar-refractivity contribution in [3.05, 3.63) is 23.8 Å². The van der Waals surface area contributed by atoms with E-state index < -0.39 is 0 Å². The summed E-state index contributed by atoms with van der Waals surface area (Å²) in [6, 6.07) is 5.95. The van der Waals surface area contributed by atoms with Crippen molar-refractivity contribution in [2.45, 2.75) is 45.4 Å². The van der Waals surface area contributed by atoms with Gasteiger partial charge < -0.3 is 10.6 Å². The van der Waals surface area contributed by atoms with Gasteiger partial charge >= 0.3 is 0 Å². The zero-order valence-corrected chi connectivity index (χ0v) is 11.6. The van der Waals surface area contributed by atoms with Gasteiger partial charge in [0.05, 0.1) is 0 Å². The number of nitrogens with zero attached hydrogens (tertiary/aromatic N) is 1. The van der Waals surface area contributed by atoms with Crippen LogP contribution in [-0.2, 0) is 11.2 Å². The fourth-order valence-corrected chi connectivity index (χ4v) is 3.66. The molecule has 102 valence electrons. The Labute approximate surface area is 114 Å². The van der Waals surface area contributed by atoms with Crippen LogP contribution in [0.15, 0.2) is 18.2 Å². The molecule has 1 aromatic carbocycles. The topological polar surface area (TPSA) is 46.3 Å². The molecule has 0 unspecified atom stereocenters. The van der Waals surface area contributed by atoms with Crippen molar-refractivity contribution in [3.8, 4) is 0 Å². The van der Waals surface area contributed by atoms with Gasteiger partial charge in [-0.25, -0.2) is 0 Å². The van der Waals surface area contributed by atoms with Crippen molar-refractivity contribution in [2.24, 2.45) is 5.41 Å². The highest BCUT2D eigenvalue weighted by atomic mass is 16.2. The van der Waals surface area contributed by atoms with Crippen molar-refractivity contribution < 1.29 is 4.79 Å². The fourth-order valence-electron chi connectivity index (χ4n) is 3.66. The molecule has 1 aliphatic heterocycles. The van der Waals surface area contributed by atoms with E-state index in [4.69, 9.17) is 5.73 Å². The van der Waals surface area contributed by atoms with Crippen molar-refractivity contribution in [3.63, 3.8) is 0 Å². The number of nitrogens with two attached hydrogens (primary N) is 1. The summed E-state index contributed by atoms with van der Waals surface area (Å²) < 4.78 is 0. The molecule has 0 aromatic heterocycles. The highest BCUT2D eigenvalue weighted by molar-refractivity contribution is 6.00. The van der Waals surface area contributed by atoms with Gasteiger partial charge in [-0.05, 0) is 43.4 Å². The zero-order valence-electron chi connectivity index (χ0n) is 11.6. The van der Waals surface area contributed by atoms with Gasteiger partial charge in [-0.2, -0.15) is 0 Å². The lowest BCUT2D eigenvalue weighted by Gasteiger charge is -2.31. The van der Waals surface area contributed by atoms with E-state index in [2.05, 4.69) is 13.0 Å². The van der Waals surface area contributed by atoms with Crippen molar-refractivity contribution in [1.29, 1.82) is 0 Å². The van der Waals surface area contributed by atoms with Crippen LogP contribution >= 0.6 is 0 Å². The standard InChI is InChI=1S/C16H22N2O/c1-2-16(8-3-4-9-16)15(19)18-10-7-12-5-6-13(17)11-14(12)18/h5-6,11H,2-4,7-10,17H2,1H3. The summed E-state index contributed by atoms with van der Waals surface area (Å²) >= 11 is 0. The lowest BCUT2D eigenvalue weighted by Crippen LogP contribution is -2.41. The van der Waals surface area contributed by atoms with Gasteiger partial charge in [0.2, 0.25) is 5.91 Å². The molecule has 0 spiro atoms. The quantitative estimate of drug-likeness (QED) is 0.828. The molecule has 2 N–H and O–H groups in total. The van der Waals surface area contributed by atoms with E-state index in [9.17, 15) is 4.79 Å². The Morgan fingerprint density at radius 3 is 2.79 bits per heavy atom. The van der Waals surface area contributed by atoms with E-state index in [1.165, 1.54) is 18.4 Å². The van der Waals surface area contributed by atoms with Crippen molar-refractivity contribution >= 4 is 17.3 Å². The Morgan fingerprint density at radius 2 is 2.11 bits per heavy atom. The third-order valence-electron chi connectivity index (χ3n) is 4.94. The minimum absolute atomic E-state index is 0.105. The molecule has 2 aliphatic rings. The number of fused-ring (bicyclic) bond motifs is 1. The number of hydrogen-bond donors (Lipinski definition) is 1. The van der Waals surface area contributed by atoms with Gasteiger partial charge in [0.1, 0.15) is 0 Å². The van der Waals surface area contributed by atoms with Gasteiger partial charge in [0, 0.05) is 23.3 Å². The molecule has 0 atom stereocenters. The first-order valence-electron chi connectivity index (χ1n) is 7.37. The number of amides is 1. The van der Waals surface area contributed by atoms with Gasteiger partial charge in [-0.3, -0.25) is 4.79 Å². The second-order valence-corrected chi connectivity index (χ2v) is 5.94. The second kappa shape index (κ2) is 4.55. The smallest absolute Gasteiger partial charge is 0.233 e. The molecule has 1 aromatic rings. The largest absolute Gasteiger partial charge is 0.399 e. The zero-order chi connectivity index (χ0) is 13.5. The number of anilines is 2. The van der Waals surface area contributed by atoms with Crippen molar-refractivity contribution in [1.82, 2.24) is 0 Å². The normalized spacial score (nSPS) is 20.6. The monoisotopic (exact) mass is 258 g/mol. The molecular weight excluding hydrogens is 236 g/mol. The summed E-state index contributed by atoms with van der Waals surface area (Å²) in [7, 11) is 0. The molecule has 19 heavy (non-hydrogen) atoms. The molecule has 1 heterocycles. The summed E-state index contributed by atoms with van der Waals surface area (Å²) in [4.78, 5) is 14.9. The van der Waals surface area contributed by atoms with Crippen LogP contribution in [0.4, 0.5) is 11.4 Å². The van der Waals surface area contributed by atoms with Crippen LogP contribution in [0.25, 0.3) is 0 Å². The number of benzene rings is 1. The maximum absolute atomic E-state index is 13.0. The Bertz CT molecular complexity index is 503. The summed E-state index contributed by atoms with van der Waals surface area (Å²) in [6.07, 6.45) is 6.41. The van der Waals surface area contributed by atoms with Crippen LogP contribution in [0.1, 0.15) is 44.6 Å². The Kier molecular flexibility index (Phi) is 3.00. The highest BCUT2D eigenvalue weighted by Gasteiger charge is 2.43. The van der Waals surface area contributed by atoms with E-state index in [-0.39, 0.29) is 5.41 Å². The Balaban J connectivity index is 1.93. The molecule has 1 aliphatic carbocycles. The van der Waals surface area contributed by atoms with E-state index in [0.29, 0.717) is 5.91 Å². The second-order valence-electron chi connectivity index (χ2n) is 5.94. The fraction of sp³-hybridized carbons (Fsp3) is 0.562. The first kappa shape index (κ1) is 12.5.